The number of aliphatic hydroxyl groups excluding tert-OH is 1. The molecular weight excluding hydrogens is 254 g/mol. The highest BCUT2D eigenvalue weighted by Crippen LogP contribution is 2.24. The van der Waals surface area contributed by atoms with E-state index in [1.807, 2.05) is 44.2 Å². The lowest BCUT2D eigenvalue weighted by atomic mass is 9.91. The molecule has 4 nitrogen and oxygen atoms in total. The molecule has 0 aromatic heterocycles. The molecule has 1 atom stereocenters. The van der Waals surface area contributed by atoms with Crippen LogP contribution in [0.4, 0.5) is 0 Å². The first kappa shape index (κ1) is 16.9. The smallest absolute Gasteiger partial charge is 0.304 e. The fourth-order valence-electron chi connectivity index (χ4n) is 1.64. The van der Waals surface area contributed by atoms with Gasteiger partial charge >= 0.3 is 5.97 Å². The van der Waals surface area contributed by atoms with Crippen LogP contribution in [-0.2, 0) is 4.79 Å². The Morgan fingerprint density at radius 2 is 1.89 bits per heavy atom. The van der Waals surface area contributed by atoms with Gasteiger partial charge in [0.15, 0.2) is 0 Å². The van der Waals surface area contributed by atoms with E-state index in [1.165, 1.54) is 0 Å². The lowest BCUT2D eigenvalue weighted by molar-refractivity contribution is -0.137. The van der Waals surface area contributed by atoms with Gasteiger partial charge in [0.05, 0.1) is 12.5 Å². The van der Waals surface area contributed by atoms with Gasteiger partial charge < -0.3 is 15.5 Å². The number of carbonyl (C=O) groups is 1. The lowest BCUT2D eigenvalue weighted by Crippen LogP contribution is -2.45. The van der Waals surface area contributed by atoms with Crippen molar-refractivity contribution in [3.8, 4) is 0 Å². The van der Waals surface area contributed by atoms with Gasteiger partial charge in [0.25, 0.3) is 0 Å². The number of carboxylic acids is 1. The van der Waals surface area contributed by atoms with Crippen molar-refractivity contribution >= 4 is 18.4 Å². The van der Waals surface area contributed by atoms with Gasteiger partial charge in [-0.2, -0.15) is 0 Å². The molecule has 18 heavy (non-hydrogen) atoms. The van der Waals surface area contributed by atoms with E-state index in [0.717, 1.165) is 5.56 Å². The van der Waals surface area contributed by atoms with Crippen molar-refractivity contribution in [2.45, 2.75) is 31.9 Å². The Labute approximate surface area is 113 Å². The van der Waals surface area contributed by atoms with Crippen molar-refractivity contribution < 1.29 is 15.0 Å². The van der Waals surface area contributed by atoms with Crippen LogP contribution < -0.4 is 5.32 Å². The minimum absolute atomic E-state index is 0. The molecule has 0 fully saturated rings. The predicted molar refractivity (Wildman–Crippen MR) is 73.0 cm³/mol. The number of rotatable bonds is 6. The average molecular weight is 274 g/mol. The molecule has 0 spiro atoms. The molecule has 0 saturated carbocycles. The maximum absolute atomic E-state index is 10.4. The summed E-state index contributed by atoms with van der Waals surface area (Å²) in [6.07, 6.45) is -0.622. The molecule has 0 aliphatic carbocycles. The van der Waals surface area contributed by atoms with Crippen LogP contribution in [-0.4, -0.2) is 28.3 Å². The molecule has 0 saturated heterocycles. The van der Waals surface area contributed by atoms with E-state index in [-0.39, 0.29) is 18.8 Å². The fourth-order valence-corrected chi connectivity index (χ4v) is 1.64. The van der Waals surface area contributed by atoms with Crippen molar-refractivity contribution in [2.75, 3.05) is 6.54 Å². The first-order valence-electron chi connectivity index (χ1n) is 5.63. The van der Waals surface area contributed by atoms with Gasteiger partial charge in [-0.1, -0.05) is 30.3 Å². The lowest BCUT2D eigenvalue weighted by Gasteiger charge is -2.32. The number of nitrogens with one attached hydrogen (secondary N) is 1. The zero-order valence-corrected chi connectivity index (χ0v) is 11.4. The summed E-state index contributed by atoms with van der Waals surface area (Å²) in [7, 11) is 0. The summed E-state index contributed by atoms with van der Waals surface area (Å²) in [4.78, 5) is 10.4. The molecule has 0 radical (unpaired) electrons. The van der Waals surface area contributed by atoms with Crippen molar-refractivity contribution in [3.05, 3.63) is 35.9 Å². The van der Waals surface area contributed by atoms with Crippen molar-refractivity contribution in [1.82, 2.24) is 5.32 Å². The molecule has 0 aliphatic rings. The topological polar surface area (TPSA) is 69.6 Å². The largest absolute Gasteiger partial charge is 0.481 e. The Hall–Kier alpha value is -1.10. The van der Waals surface area contributed by atoms with Crippen molar-refractivity contribution in [2.24, 2.45) is 0 Å². The van der Waals surface area contributed by atoms with E-state index in [4.69, 9.17) is 5.11 Å². The van der Waals surface area contributed by atoms with Gasteiger partial charge in [0.1, 0.15) is 0 Å². The molecule has 102 valence electrons. The van der Waals surface area contributed by atoms with Crippen LogP contribution in [0.25, 0.3) is 0 Å². The number of hydrogen-bond acceptors (Lipinski definition) is 3. The maximum atomic E-state index is 10.4. The number of halogens is 1. The summed E-state index contributed by atoms with van der Waals surface area (Å²) in [5.41, 5.74) is 0.261. The van der Waals surface area contributed by atoms with E-state index in [2.05, 4.69) is 5.32 Å². The fraction of sp³-hybridized carbons (Fsp3) is 0.462. The third kappa shape index (κ3) is 5.04. The molecule has 1 aromatic rings. The second-order valence-electron chi connectivity index (χ2n) is 4.61. The predicted octanol–water partition coefficient (Wildman–Crippen LogP) is 1.98. The number of carboxylic acid groups (broad SMARTS) is 1. The molecule has 0 aliphatic heterocycles. The standard InChI is InChI=1S/C13H19NO3.ClH/c1-13(2,14-9-8-11(15)16)12(17)10-6-4-3-5-7-10;/h3-7,12,14,17H,8-9H2,1-2H3,(H,15,16);1H. The normalized spacial score (nSPS) is 12.6. The summed E-state index contributed by atoms with van der Waals surface area (Å²) in [6.45, 7) is 4.05. The van der Waals surface area contributed by atoms with E-state index >= 15 is 0 Å². The van der Waals surface area contributed by atoms with Crippen LogP contribution in [0.1, 0.15) is 31.9 Å². The van der Waals surface area contributed by atoms with Gasteiger partial charge in [-0.3, -0.25) is 4.79 Å². The molecule has 1 rings (SSSR count). The first-order chi connectivity index (χ1) is 7.93. The molecule has 3 N–H and O–H groups in total. The molecule has 0 amide bonds. The van der Waals surface area contributed by atoms with Crippen LogP contribution in [0.2, 0.25) is 0 Å². The van der Waals surface area contributed by atoms with Crippen LogP contribution in [0, 0.1) is 0 Å². The Kier molecular flexibility index (Phi) is 6.91. The molecule has 0 bridgehead atoms. The van der Waals surface area contributed by atoms with E-state index in [0.29, 0.717) is 6.54 Å². The van der Waals surface area contributed by atoms with Gasteiger partial charge in [-0.25, -0.2) is 0 Å². The van der Waals surface area contributed by atoms with Crippen molar-refractivity contribution in [1.29, 1.82) is 0 Å². The second-order valence-corrected chi connectivity index (χ2v) is 4.61. The van der Waals surface area contributed by atoms with Crippen LogP contribution >= 0.6 is 12.4 Å². The Balaban J connectivity index is 0.00000289. The summed E-state index contributed by atoms with van der Waals surface area (Å²) in [5.74, 6) is -0.845. The van der Waals surface area contributed by atoms with Gasteiger partial charge in [0.2, 0.25) is 0 Å². The van der Waals surface area contributed by atoms with Crippen LogP contribution in [0.15, 0.2) is 30.3 Å². The van der Waals surface area contributed by atoms with Gasteiger partial charge in [-0.15, -0.1) is 12.4 Å². The zero-order valence-electron chi connectivity index (χ0n) is 10.6. The Morgan fingerprint density at radius 3 is 2.39 bits per heavy atom. The number of benzene rings is 1. The molecule has 1 unspecified atom stereocenters. The monoisotopic (exact) mass is 273 g/mol. The summed E-state index contributed by atoms with van der Waals surface area (Å²) in [5, 5.41) is 21.8. The maximum Gasteiger partial charge on any atom is 0.304 e. The third-order valence-electron chi connectivity index (χ3n) is 2.72. The Morgan fingerprint density at radius 1 is 1.33 bits per heavy atom. The third-order valence-corrected chi connectivity index (χ3v) is 2.72. The van der Waals surface area contributed by atoms with Crippen LogP contribution in [0.3, 0.4) is 0 Å². The van der Waals surface area contributed by atoms with E-state index < -0.39 is 17.6 Å². The number of aliphatic hydroxyl groups is 1. The molecule has 1 aromatic carbocycles. The quantitative estimate of drug-likeness (QED) is 0.741. The number of aliphatic carboxylic acids is 1. The van der Waals surface area contributed by atoms with Crippen LogP contribution in [0.5, 0.6) is 0 Å². The number of hydrogen-bond donors (Lipinski definition) is 3. The van der Waals surface area contributed by atoms with E-state index in [1.54, 1.807) is 0 Å². The van der Waals surface area contributed by atoms with Gasteiger partial charge in [0, 0.05) is 12.1 Å². The highest BCUT2D eigenvalue weighted by Gasteiger charge is 2.28. The SMILES string of the molecule is CC(C)(NCCC(=O)O)C(O)c1ccccc1.Cl. The highest BCUT2D eigenvalue weighted by atomic mass is 35.5. The van der Waals surface area contributed by atoms with Gasteiger partial charge in [-0.05, 0) is 19.4 Å². The molecule has 5 heteroatoms. The first-order valence-corrected chi connectivity index (χ1v) is 5.63. The summed E-state index contributed by atoms with van der Waals surface area (Å²) >= 11 is 0. The second kappa shape index (κ2) is 7.36. The van der Waals surface area contributed by atoms with Crippen molar-refractivity contribution in [3.63, 3.8) is 0 Å². The Bertz CT molecular complexity index is 368. The summed E-state index contributed by atoms with van der Waals surface area (Å²) < 4.78 is 0. The summed E-state index contributed by atoms with van der Waals surface area (Å²) in [6, 6.07) is 9.33. The zero-order chi connectivity index (χ0) is 12.9. The minimum atomic E-state index is -0.845. The minimum Gasteiger partial charge on any atom is -0.481 e. The molecule has 0 heterocycles. The highest BCUT2D eigenvalue weighted by molar-refractivity contribution is 5.85. The molecular formula is C13H20ClNO3. The van der Waals surface area contributed by atoms with E-state index in [9.17, 15) is 9.90 Å². The average Bonchev–Trinajstić information content (AvgIpc) is 2.28.